The Kier molecular flexibility index (Phi) is 14.1. The predicted octanol–water partition coefficient (Wildman–Crippen LogP) is 6.05. The molecule has 0 aromatic rings. The van der Waals surface area contributed by atoms with Crippen LogP contribution in [0.15, 0.2) is 36.5 Å². The Bertz CT molecular complexity index is 326. The fourth-order valence-corrected chi connectivity index (χ4v) is 2.11. The van der Waals surface area contributed by atoms with Crippen molar-refractivity contribution < 1.29 is 9.90 Å². The van der Waals surface area contributed by atoms with E-state index >= 15 is 0 Å². The van der Waals surface area contributed by atoms with E-state index in [9.17, 15) is 4.79 Å². The summed E-state index contributed by atoms with van der Waals surface area (Å²) in [6.07, 6.45) is 20.3. The van der Waals surface area contributed by atoms with Crippen molar-refractivity contribution in [2.75, 3.05) is 0 Å². The molecule has 0 saturated carbocycles. The van der Waals surface area contributed by atoms with Crippen LogP contribution in [0, 0.1) is 0 Å². The molecule has 0 atom stereocenters. The Hall–Kier alpha value is -1.31. The second-order valence-corrected chi connectivity index (χ2v) is 5.58. The number of hydrogen-bond donors (Lipinski definition) is 1. The van der Waals surface area contributed by atoms with Crippen molar-refractivity contribution in [3.05, 3.63) is 36.5 Å². The quantitative estimate of drug-likeness (QED) is 0.312. The lowest BCUT2D eigenvalue weighted by molar-refractivity contribution is -0.137. The molecule has 0 heterocycles. The highest BCUT2D eigenvalue weighted by atomic mass is 16.4. The minimum Gasteiger partial charge on any atom is -0.481 e. The van der Waals surface area contributed by atoms with Gasteiger partial charge in [-0.2, -0.15) is 0 Å². The maximum absolute atomic E-state index is 10.3. The molecule has 21 heavy (non-hydrogen) atoms. The minimum absolute atomic E-state index is 0.310. The lowest BCUT2D eigenvalue weighted by Gasteiger charge is -1.98. The Morgan fingerprint density at radius 2 is 1.43 bits per heavy atom. The summed E-state index contributed by atoms with van der Waals surface area (Å²) in [4.78, 5) is 10.3. The summed E-state index contributed by atoms with van der Waals surface area (Å²) in [5, 5.41) is 8.52. The fraction of sp³-hybridized carbons (Fsp3) is 0.632. The van der Waals surface area contributed by atoms with Gasteiger partial charge in [0.1, 0.15) is 0 Å². The molecule has 0 aliphatic heterocycles. The van der Waals surface area contributed by atoms with Gasteiger partial charge in [0, 0.05) is 6.42 Å². The van der Waals surface area contributed by atoms with Crippen LogP contribution in [0.1, 0.15) is 77.6 Å². The van der Waals surface area contributed by atoms with Crippen molar-refractivity contribution in [3.63, 3.8) is 0 Å². The highest BCUT2D eigenvalue weighted by Crippen LogP contribution is 2.08. The number of allylic oxidation sites excluding steroid dienone is 5. The molecule has 1 N–H and O–H groups in total. The molecule has 0 aliphatic carbocycles. The van der Waals surface area contributed by atoms with Gasteiger partial charge in [-0.25, -0.2) is 0 Å². The van der Waals surface area contributed by atoms with Crippen molar-refractivity contribution in [3.8, 4) is 0 Å². The topological polar surface area (TPSA) is 37.3 Å². The number of hydrogen-bond acceptors (Lipinski definition) is 1. The molecule has 0 saturated heterocycles. The molecule has 0 rings (SSSR count). The largest absolute Gasteiger partial charge is 0.481 e. The zero-order valence-electron chi connectivity index (χ0n) is 13.7. The molecule has 0 amide bonds. The molecule has 0 fully saturated rings. The minimum atomic E-state index is -0.681. The number of rotatable bonds is 14. The molecule has 0 aromatic carbocycles. The fourth-order valence-electron chi connectivity index (χ4n) is 2.11. The first-order valence-electron chi connectivity index (χ1n) is 8.40. The highest BCUT2D eigenvalue weighted by molar-refractivity contribution is 5.66. The first kappa shape index (κ1) is 19.7. The van der Waals surface area contributed by atoms with E-state index in [-0.39, 0.29) is 0 Å². The van der Waals surface area contributed by atoms with Gasteiger partial charge in [0.2, 0.25) is 0 Å². The first-order chi connectivity index (χ1) is 10.2. The molecule has 2 heteroatoms. The summed E-state index contributed by atoms with van der Waals surface area (Å²) in [6, 6.07) is 0. The Labute approximate surface area is 130 Å². The smallest absolute Gasteiger partial charge is 0.303 e. The standard InChI is InChI=1S/C19H32O2/c1-3-4-5-9-12-15-18(2)16-13-10-7-6-8-11-14-17-19(20)21/h12-13,15-16H,2-11,14,17H2,1H3,(H,20,21)/b15-12-,16-13-. The van der Waals surface area contributed by atoms with Gasteiger partial charge < -0.3 is 5.11 Å². The van der Waals surface area contributed by atoms with Crippen LogP contribution in [0.3, 0.4) is 0 Å². The van der Waals surface area contributed by atoms with Gasteiger partial charge in [0.05, 0.1) is 0 Å². The Morgan fingerprint density at radius 1 is 0.905 bits per heavy atom. The third-order valence-corrected chi connectivity index (χ3v) is 3.40. The normalized spacial score (nSPS) is 11.5. The molecule has 0 bridgehead atoms. The van der Waals surface area contributed by atoms with Gasteiger partial charge in [-0.05, 0) is 37.7 Å². The summed E-state index contributed by atoms with van der Waals surface area (Å²) in [5.74, 6) is -0.681. The van der Waals surface area contributed by atoms with Gasteiger partial charge in [0.25, 0.3) is 0 Å². The molecule has 0 unspecified atom stereocenters. The van der Waals surface area contributed by atoms with E-state index in [2.05, 4.69) is 37.8 Å². The van der Waals surface area contributed by atoms with E-state index < -0.39 is 5.97 Å². The van der Waals surface area contributed by atoms with Crippen LogP contribution in [0.4, 0.5) is 0 Å². The molecule has 2 nitrogen and oxygen atoms in total. The van der Waals surface area contributed by atoms with Crippen molar-refractivity contribution >= 4 is 5.97 Å². The predicted molar refractivity (Wildman–Crippen MR) is 91.5 cm³/mol. The van der Waals surface area contributed by atoms with Gasteiger partial charge in [-0.15, -0.1) is 0 Å². The van der Waals surface area contributed by atoms with E-state index in [1.807, 2.05) is 0 Å². The lowest BCUT2D eigenvalue weighted by Crippen LogP contribution is -1.93. The van der Waals surface area contributed by atoms with Crippen LogP contribution in [0.5, 0.6) is 0 Å². The highest BCUT2D eigenvalue weighted by Gasteiger charge is 1.95. The molecule has 0 aliphatic rings. The number of unbranched alkanes of at least 4 members (excludes halogenated alkanes) is 8. The Morgan fingerprint density at radius 3 is 2.00 bits per heavy atom. The average Bonchev–Trinajstić information content (AvgIpc) is 2.45. The first-order valence-corrected chi connectivity index (χ1v) is 8.40. The van der Waals surface area contributed by atoms with Crippen molar-refractivity contribution in [1.29, 1.82) is 0 Å². The van der Waals surface area contributed by atoms with Crippen LogP contribution in [0.25, 0.3) is 0 Å². The molecule has 0 aromatic heterocycles. The monoisotopic (exact) mass is 292 g/mol. The van der Waals surface area contributed by atoms with Crippen molar-refractivity contribution in [2.24, 2.45) is 0 Å². The summed E-state index contributed by atoms with van der Waals surface area (Å²) in [5.41, 5.74) is 1.08. The van der Waals surface area contributed by atoms with Crippen LogP contribution in [-0.2, 0) is 4.79 Å². The second kappa shape index (κ2) is 15.1. The van der Waals surface area contributed by atoms with Crippen LogP contribution < -0.4 is 0 Å². The summed E-state index contributed by atoms with van der Waals surface area (Å²) in [6.45, 7) is 6.24. The molecule has 0 spiro atoms. The van der Waals surface area contributed by atoms with Gasteiger partial charge in [-0.3, -0.25) is 4.79 Å². The van der Waals surface area contributed by atoms with Gasteiger partial charge in [0.15, 0.2) is 0 Å². The summed E-state index contributed by atoms with van der Waals surface area (Å²) >= 11 is 0. The third kappa shape index (κ3) is 16.6. The van der Waals surface area contributed by atoms with Crippen LogP contribution in [-0.4, -0.2) is 11.1 Å². The zero-order chi connectivity index (χ0) is 15.8. The lowest BCUT2D eigenvalue weighted by atomic mass is 10.1. The number of carboxylic acid groups (broad SMARTS) is 1. The molecule has 0 radical (unpaired) electrons. The van der Waals surface area contributed by atoms with E-state index in [1.54, 1.807) is 0 Å². The number of aliphatic carboxylic acids is 1. The maximum Gasteiger partial charge on any atom is 0.303 e. The van der Waals surface area contributed by atoms with Gasteiger partial charge in [-0.1, -0.05) is 69.9 Å². The van der Waals surface area contributed by atoms with Crippen molar-refractivity contribution in [1.82, 2.24) is 0 Å². The second-order valence-electron chi connectivity index (χ2n) is 5.58. The summed E-state index contributed by atoms with van der Waals surface area (Å²) < 4.78 is 0. The van der Waals surface area contributed by atoms with E-state index in [0.29, 0.717) is 6.42 Å². The van der Waals surface area contributed by atoms with E-state index in [1.165, 1.54) is 32.1 Å². The molecule has 120 valence electrons. The van der Waals surface area contributed by atoms with Crippen molar-refractivity contribution in [2.45, 2.75) is 77.6 Å². The van der Waals surface area contributed by atoms with E-state index in [4.69, 9.17) is 5.11 Å². The van der Waals surface area contributed by atoms with Gasteiger partial charge >= 0.3 is 5.97 Å². The summed E-state index contributed by atoms with van der Waals surface area (Å²) in [7, 11) is 0. The maximum atomic E-state index is 10.3. The number of carbonyl (C=O) groups is 1. The zero-order valence-corrected chi connectivity index (χ0v) is 13.7. The van der Waals surface area contributed by atoms with Crippen LogP contribution >= 0.6 is 0 Å². The third-order valence-electron chi connectivity index (χ3n) is 3.40. The van der Waals surface area contributed by atoms with E-state index in [0.717, 1.165) is 37.7 Å². The number of carboxylic acids is 1. The van der Waals surface area contributed by atoms with Crippen LogP contribution in [0.2, 0.25) is 0 Å². The SMILES string of the molecule is C=C(/C=C\CCCCC)/C=C\CCCCCCCC(=O)O. The Balaban J connectivity index is 3.41. The average molecular weight is 292 g/mol. The molecular weight excluding hydrogens is 260 g/mol. The molecular formula is C19H32O2.